The molecule has 0 spiro atoms. The third-order valence-corrected chi connectivity index (χ3v) is 6.73. The molecule has 0 saturated heterocycles. The molecule has 0 aromatic heterocycles. The minimum atomic E-state index is -0.990. The summed E-state index contributed by atoms with van der Waals surface area (Å²) in [5.74, 6) is -0.613. The van der Waals surface area contributed by atoms with Crippen molar-refractivity contribution >= 4 is 46.9 Å². The molecule has 35 heavy (non-hydrogen) atoms. The summed E-state index contributed by atoms with van der Waals surface area (Å²) >= 11 is 18.3. The van der Waals surface area contributed by atoms with Crippen LogP contribution in [0.5, 0.6) is 0 Å². The van der Waals surface area contributed by atoms with Crippen molar-refractivity contribution in [1.29, 1.82) is 0 Å². The van der Waals surface area contributed by atoms with E-state index in [1.165, 1.54) is 7.11 Å². The Morgan fingerprint density at radius 3 is 2.26 bits per heavy atom. The molecule has 3 aromatic carbocycles. The van der Waals surface area contributed by atoms with Crippen LogP contribution in [0.15, 0.2) is 72.8 Å². The van der Waals surface area contributed by atoms with Crippen molar-refractivity contribution in [2.75, 3.05) is 7.11 Å². The molecule has 8 heteroatoms. The highest BCUT2D eigenvalue weighted by Crippen LogP contribution is 2.40. The van der Waals surface area contributed by atoms with Gasteiger partial charge in [-0.2, -0.15) is 0 Å². The Balaban J connectivity index is 1.86. The van der Waals surface area contributed by atoms with E-state index in [1.54, 1.807) is 24.3 Å². The van der Waals surface area contributed by atoms with Gasteiger partial charge in [-0.25, -0.2) is 9.59 Å². The van der Waals surface area contributed by atoms with Crippen LogP contribution in [0.2, 0.25) is 15.1 Å². The maximum atomic E-state index is 13.1. The van der Waals surface area contributed by atoms with Crippen molar-refractivity contribution in [3.8, 4) is 0 Å². The zero-order valence-corrected chi connectivity index (χ0v) is 21.8. The van der Waals surface area contributed by atoms with E-state index < -0.39 is 29.6 Å². The minimum Gasteiger partial charge on any atom is -0.467 e. The van der Waals surface area contributed by atoms with Crippen LogP contribution in [0.3, 0.4) is 0 Å². The summed E-state index contributed by atoms with van der Waals surface area (Å²) < 4.78 is 10.8. The molecule has 0 heterocycles. The maximum Gasteiger partial charge on any atom is 0.408 e. The molecule has 0 bridgehead atoms. The molecule has 0 aliphatic heterocycles. The molecule has 0 fully saturated rings. The first-order valence-electron chi connectivity index (χ1n) is 10.9. The van der Waals surface area contributed by atoms with Crippen LogP contribution in [-0.2, 0) is 26.1 Å². The minimum absolute atomic E-state index is 0.145. The second-order valence-electron chi connectivity index (χ2n) is 8.60. The van der Waals surface area contributed by atoms with Gasteiger partial charge in [-0.15, -0.1) is 0 Å². The van der Waals surface area contributed by atoms with Crippen LogP contribution in [0.4, 0.5) is 4.79 Å². The van der Waals surface area contributed by atoms with Gasteiger partial charge in [-0.3, -0.25) is 0 Å². The standard InChI is InChI=1S/C27H26Cl3NO4/c1-27(2,19-10-7-11-20(28)16-19)24(18-8-5-4-6-9-18)35-26(33)31-23(25(32)34-3)15-17-12-13-21(29)22(30)14-17/h4-14,16,23-24H,15H2,1-3H3,(H,31,33)/t23-,24?/m0/s1. The summed E-state index contributed by atoms with van der Waals surface area (Å²) in [6, 6.07) is 20.8. The summed E-state index contributed by atoms with van der Waals surface area (Å²) in [4.78, 5) is 25.5. The third-order valence-electron chi connectivity index (χ3n) is 5.75. The van der Waals surface area contributed by atoms with Crippen molar-refractivity contribution in [3.63, 3.8) is 0 Å². The molecule has 2 atom stereocenters. The first-order chi connectivity index (χ1) is 16.6. The Morgan fingerprint density at radius 1 is 0.914 bits per heavy atom. The second kappa shape index (κ2) is 11.8. The van der Waals surface area contributed by atoms with E-state index in [1.807, 2.05) is 62.4 Å². The maximum absolute atomic E-state index is 13.1. The van der Waals surface area contributed by atoms with Crippen LogP contribution in [-0.4, -0.2) is 25.2 Å². The normalized spacial score (nSPS) is 13.0. The zero-order valence-electron chi connectivity index (χ0n) is 19.6. The lowest BCUT2D eigenvalue weighted by molar-refractivity contribution is -0.143. The monoisotopic (exact) mass is 533 g/mol. The number of nitrogens with one attached hydrogen (secondary N) is 1. The number of ether oxygens (including phenoxy) is 2. The highest BCUT2D eigenvalue weighted by Gasteiger charge is 2.37. The first-order valence-corrected chi connectivity index (χ1v) is 12.0. The summed E-state index contributed by atoms with van der Waals surface area (Å²) in [6.45, 7) is 3.94. The van der Waals surface area contributed by atoms with Crippen molar-refractivity contribution < 1.29 is 19.1 Å². The molecule has 0 aliphatic carbocycles. The summed E-state index contributed by atoms with van der Waals surface area (Å²) in [6.07, 6.45) is -1.29. The Bertz CT molecular complexity index is 1180. The van der Waals surface area contributed by atoms with E-state index in [9.17, 15) is 9.59 Å². The van der Waals surface area contributed by atoms with E-state index in [0.717, 1.165) is 11.1 Å². The molecular weight excluding hydrogens is 509 g/mol. The van der Waals surface area contributed by atoms with E-state index in [-0.39, 0.29) is 6.42 Å². The van der Waals surface area contributed by atoms with Gasteiger partial charge in [0, 0.05) is 16.9 Å². The van der Waals surface area contributed by atoms with Gasteiger partial charge in [0.1, 0.15) is 12.1 Å². The number of carbonyl (C=O) groups is 2. The predicted octanol–water partition coefficient (Wildman–Crippen LogP) is 7.18. The largest absolute Gasteiger partial charge is 0.467 e. The van der Waals surface area contributed by atoms with E-state index in [2.05, 4.69) is 5.32 Å². The second-order valence-corrected chi connectivity index (χ2v) is 9.85. The van der Waals surface area contributed by atoms with Crippen LogP contribution >= 0.6 is 34.8 Å². The SMILES string of the molecule is COC(=O)[C@H](Cc1ccc(Cl)c(Cl)c1)NC(=O)OC(c1ccccc1)C(C)(C)c1cccc(Cl)c1. The van der Waals surface area contributed by atoms with Gasteiger partial charge in [-0.1, -0.05) is 97.2 Å². The third kappa shape index (κ3) is 6.91. The fraction of sp³-hybridized carbons (Fsp3) is 0.259. The zero-order chi connectivity index (χ0) is 25.6. The van der Waals surface area contributed by atoms with Gasteiger partial charge in [-0.05, 0) is 41.0 Å². The van der Waals surface area contributed by atoms with Crippen LogP contribution in [0, 0.1) is 0 Å². The molecular formula is C27H26Cl3NO4. The molecule has 3 aromatic rings. The van der Waals surface area contributed by atoms with Gasteiger partial charge in [0.15, 0.2) is 0 Å². The number of rotatable bonds is 8. The Hall–Kier alpha value is -2.73. The fourth-order valence-corrected chi connectivity index (χ4v) is 4.33. The highest BCUT2D eigenvalue weighted by atomic mass is 35.5. The van der Waals surface area contributed by atoms with Crippen molar-refractivity contribution in [2.45, 2.75) is 37.8 Å². The van der Waals surface area contributed by atoms with Gasteiger partial charge >= 0.3 is 12.1 Å². The number of carbonyl (C=O) groups excluding carboxylic acids is 2. The number of amides is 1. The van der Waals surface area contributed by atoms with E-state index >= 15 is 0 Å². The number of hydrogen-bond acceptors (Lipinski definition) is 4. The number of alkyl carbamates (subject to hydrolysis) is 1. The molecule has 1 N–H and O–H groups in total. The molecule has 0 radical (unpaired) electrons. The molecule has 1 unspecified atom stereocenters. The lowest BCUT2D eigenvalue weighted by Gasteiger charge is -2.35. The lowest BCUT2D eigenvalue weighted by Crippen LogP contribution is -2.45. The number of halogens is 3. The average Bonchev–Trinajstić information content (AvgIpc) is 2.84. The number of hydrogen-bond donors (Lipinski definition) is 1. The summed E-state index contributed by atoms with van der Waals surface area (Å²) in [5, 5.41) is 3.97. The van der Waals surface area contributed by atoms with Gasteiger partial charge in [0.05, 0.1) is 17.2 Å². The number of methoxy groups -OCH3 is 1. The van der Waals surface area contributed by atoms with Crippen LogP contribution in [0.25, 0.3) is 0 Å². The molecule has 0 aliphatic rings. The van der Waals surface area contributed by atoms with Gasteiger partial charge < -0.3 is 14.8 Å². The van der Waals surface area contributed by atoms with Crippen molar-refractivity contribution in [1.82, 2.24) is 5.32 Å². The van der Waals surface area contributed by atoms with Gasteiger partial charge in [0.2, 0.25) is 0 Å². The summed E-state index contributed by atoms with van der Waals surface area (Å²) in [7, 11) is 1.26. The fourth-order valence-electron chi connectivity index (χ4n) is 3.82. The topological polar surface area (TPSA) is 64.6 Å². The number of esters is 1. The number of benzene rings is 3. The Morgan fingerprint density at radius 2 is 1.63 bits per heavy atom. The molecule has 184 valence electrons. The Labute approximate surface area is 220 Å². The Kier molecular flexibility index (Phi) is 9.06. The van der Waals surface area contributed by atoms with E-state index in [0.29, 0.717) is 20.6 Å². The quantitative estimate of drug-likeness (QED) is 0.311. The summed E-state index contributed by atoms with van der Waals surface area (Å²) in [5.41, 5.74) is 1.75. The molecule has 0 saturated carbocycles. The average molecular weight is 535 g/mol. The first kappa shape index (κ1) is 26.9. The lowest BCUT2D eigenvalue weighted by atomic mass is 9.76. The predicted molar refractivity (Wildman–Crippen MR) is 139 cm³/mol. The van der Waals surface area contributed by atoms with Crippen molar-refractivity contribution in [3.05, 3.63) is 105 Å². The molecule has 1 amide bonds. The molecule has 5 nitrogen and oxygen atoms in total. The van der Waals surface area contributed by atoms with E-state index in [4.69, 9.17) is 44.3 Å². The smallest absolute Gasteiger partial charge is 0.408 e. The van der Waals surface area contributed by atoms with Crippen molar-refractivity contribution in [2.24, 2.45) is 0 Å². The molecule has 3 rings (SSSR count). The van der Waals surface area contributed by atoms with Crippen LogP contribution in [0.1, 0.15) is 36.6 Å². The van der Waals surface area contributed by atoms with Gasteiger partial charge in [0.25, 0.3) is 0 Å². The van der Waals surface area contributed by atoms with Crippen LogP contribution < -0.4 is 5.32 Å². The highest BCUT2D eigenvalue weighted by molar-refractivity contribution is 6.42.